The molecule has 3 heterocycles. The third kappa shape index (κ3) is 3.50. The van der Waals surface area contributed by atoms with Gasteiger partial charge in [-0.25, -0.2) is 4.98 Å². The van der Waals surface area contributed by atoms with Gasteiger partial charge in [-0.05, 0) is 54.9 Å². The first kappa shape index (κ1) is 17.4. The fourth-order valence-electron chi connectivity index (χ4n) is 3.97. The number of likely N-dealkylation sites (tertiary alicyclic amines) is 1. The van der Waals surface area contributed by atoms with Crippen LogP contribution in [0.15, 0.2) is 30.0 Å². The van der Waals surface area contributed by atoms with Crippen LogP contribution in [0.25, 0.3) is 6.08 Å². The molecule has 1 aliphatic carbocycles. The van der Waals surface area contributed by atoms with Crippen molar-refractivity contribution in [2.75, 3.05) is 18.4 Å². The van der Waals surface area contributed by atoms with Crippen molar-refractivity contribution in [3.63, 3.8) is 0 Å². The summed E-state index contributed by atoms with van der Waals surface area (Å²) in [4.78, 5) is 30.0. The van der Waals surface area contributed by atoms with E-state index in [4.69, 9.17) is 0 Å². The van der Waals surface area contributed by atoms with Gasteiger partial charge in [-0.15, -0.1) is 0 Å². The molecule has 132 valence electrons. The lowest BCUT2D eigenvalue weighted by Gasteiger charge is -2.16. The van der Waals surface area contributed by atoms with E-state index in [0.717, 1.165) is 30.6 Å². The number of nitrogens with zero attached hydrogens (tertiary/aromatic N) is 2. The second-order valence-corrected chi connectivity index (χ2v) is 7.04. The Morgan fingerprint density at radius 2 is 2.20 bits per heavy atom. The minimum absolute atomic E-state index is 0. The van der Waals surface area contributed by atoms with E-state index in [1.807, 2.05) is 17.0 Å². The number of allylic oxidation sites excluding steroid dienone is 1. The maximum absolute atomic E-state index is 12.4. The lowest BCUT2D eigenvalue weighted by molar-refractivity contribution is -0.125. The lowest BCUT2D eigenvalue weighted by atomic mass is 10.00. The summed E-state index contributed by atoms with van der Waals surface area (Å²) >= 11 is 0. The predicted molar refractivity (Wildman–Crippen MR) is 98.9 cm³/mol. The fraction of sp³-hybridized carbons (Fsp3) is 0.450. The molecule has 1 fully saturated rings. The van der Waals surface area contributed by atoms with Gasteiger partial charge in [0.15, 0.2) is 0 Å². The number of pyridine rings is 1. The highest BCUT2D eigenvalue weighted by Gasteiger charge is 2.36. The van der Waals surface area contributed by atoms with E-state index in [9.17, 15) is 9.59 Å². The van der Waals surface area contributed by atoms with Crippen molar-refractivity contribution in [1.82, 2.24) is 9.88 Å². The van der Waals surface area contributed by atoms with Crippen LogP contribution >= 0.6 is 0 Å². The Morgan fingerprint density at radius 3 is 3.00 bits per heavy atom. The Balaban J connectivity index is 0.00000182. The van der Waals surface area contributed by atoms with Gasteiger partial charge in [0, 0.05) is 31.8 Å². The molecule has 1 N–H and O–H groups in total. The smallest absolute Gasteiger partial charge is 0.246 e. The van der Waals surface area contributed by atoms with E-state index in [-0.39, 0.29) is 19.2 Å². The number of rotatable bonds is 2. The van der Waals surface area contributed by atoms with Crippen molar-refractivity contribution in [1.29, 1.82) is 0 Å². The summed E-state index contributed by atoms with van der Waals surface area (Å²) in [6.45, 7) is 3.87. The second-order valence-electron chi connectivity index (χ2n) is 7.04. The number of anilines is 1. The van der Waals surface area contributed by atoms with Crippen molar-refractivity contribution in [2.45, 2.75) is 33.6 Å². The molecule has 1 saturated heterocycles. The van der Waals surface area contributed by atoms with Crippen molar-refractivity contribution < 1.29 is 9.59 Å². The quantitative estimate of drug-likeness (QED) is 0.665. The number of amides is 2. The van der Waals surface area contributed by atoms with Gasteiger partial charge in [-0.2, -0.15) is 0 Å². The summed E-state index contributed by atoms with van der Waals surface area (Å²) in [5, 5.41) is 2.77. The van der Waals surface area contributed by atoms with Gasteiger partial charge in [0.05, 0.1) is 0 Å². The van der Waals surface area contributed by atoms with Crippen LogP contribution in [-0.4, -0.2) is 34.8 Å². The molecule has 5 heteroatoms. The monoisotopic (exact) mass is 339 g/mol. The Labute approximate surface area is 148 Å². The van der Waals surface area contributed by atoms with E-state index in [2.05, 4.69) is 23.3 Å². The molecule has 25 heavy (non-hydrogen) atoms. The van der Waals surface area contributed by atoms with E-state index in [0.29, 0.717) is 30.5 Å². The molecular formula is C20H25N3O2. The number of carbonyl (C=O) groups is 2. The van der Waals surface area contributed by atoms with Crippen LogP contribution in [0.3, 0.4) is 0 Å². The minimum Gasteiger partial charge on any atom is -0.338 e. The molecule has 0 saturated carbocycles. The summed E-state index contributed by atoms with van der Waals surface area (Å²) in [5.41, 5.74) is 3.38. The number of fused-ring (bicyclic) bond motifs is 2. The standard InChI is InChI=1S/C19H21N3O2.CH4/c1-12-6-15-10-22(11-16(15)7-12)18(24)5-2-13-8-14-3-4-17(23)21-19(14)20-9-13;/h2,5-6,8-9,15-16H,3-4,7,10-11H2,1H3,(H,20,21,23);1H4/b5-2+;. The van der Waals surface area contributed by atoms with Gasteiger partial charge >= 0.3 is 0 Å². The first-order valence-corrected chi connectivity index (χ1v) is 8.51. The van der Waals surface area contributed by atoms with Crippen LogP contribution in [0, 0.1) is 11.8 Å². The van der Waals surface area contributed by atoms with Crippen molar-refractivity contribution >= 4 is 23.7 Å². The summed E-state index contributed by atoms with van der Waals surface area (Å²) in [5.74, 6) is 1.87. The minimum atomic E-state index is 0. The zero-order chi connectivity index (χ0) is 16.7. The molecule has 5 nitrogen and oxygen atoms in total. The zero-order valence-corrected chi connectivity index (χ0v) is 13.8. The van der Waals surface area contributed by atoms with Gasteiger partial charge < -0.3 is 10.2 Å². The van der Waals surface area contributed by atoms with Crippen molar-refractivity contribution in [3.05, 3.63) is 41.1 Å². The molecule has 3 aliphatic rings. The number of aromatic nitrogens is 1. The molecule has 2 atom stereocenters. The molecule has 2 aliphatic heterocycles. The predicted octanol–water partition coefficient (Wildman–Crippen LogP) is 3.04. The largest absolute Gasteiger partial charge is 0.338 e. The number of carbonyl (C=O) groups excluding carboxylic acids is 2. The molecule has 1 aromatic heterocycles. The van der Waals surface area contributed by atoms with Crippen molar-refractivity contribution in [3.8, 4) is 0 Å². The Kier molecular flexibility index (Phi) is 4.75. The molecule has 0 aromatic carbocycles. The van der Waals surface area contributed by atoms with Crippen LogP contribution in [0.2, 0.25) is 0 Å². The third-order valence-corrected chi connectivity index (χ3v) is 5.17. The first-order chi connectivity index (χ1) is 11.6. The second kappa shape index (κ2) is 6.82. The summed E-state index contributed by atoms with van der Waals surface area (Å²) in [7, 11) is 0. The summed E-state index contributed by atoms with van der Waals surface area (Å²) < 4.78 is 0. The van der Waals surface area contributed by atoms with Gasteiger partial charge in [-0.1, -0.05) is 19.1 Å². The van der Waals surface area contributed by atoms with E-state index < -0.39 is 0 Å². The van der Waals surface area contributed by atoms with Gasteiger partial charge in [0.2, 0.25) is 11.8 Å². The highest BCUT2D eigenvalue weighted by atomic mass is 16.2. The van der Waals surface area contributed by atoms with Crippen LogP contribution in [-0.2, 0) is 16.0 Å². The topological polar surface area (TPSA) is 62.3 Å². The molecule has 2 unspecified atom stereocenters. The summed E-state index contributed by atoms with van der Waals surface area (Å²) in [6.07, 6.45) is 9.79. The van der Waals surface area contributed by atoms with E-state index >= 15 is 0 Å². The normalized spacial score (nSPS) is 24.4. The number of aryl methyl sites for hydroxylation is 1. The maximum atomic E-state index is 12.4. The molecule has 0 spiro atoms. The Hall–Kier alpha value is -2.43. The highest BCUT2D eigenvalue weighted by Crippen LogP contribution is 2.36. The highest BCUT2D eigenvalue weighted by molar-refractivity contribution is 5.94. The maximum Gasteiger partial charge on any atom is 0.246 e. The zero-order valence-electron chi connectivity index (χ0n) is 13.8. The average Bonchev–Trinajstić information content (AvgIpc) is 3.10. The number of hydrogen-bond acceptors (Lipinski definition) is 3. The van der Waals surface area contributed by atoms with E-state index in [1.54, 1.807) is 12.3 Å². The SMILES string of the molecule is C.CC1=CC2CN(C(=O)/C=C/c3cnc4c(c3)CCC(=O)N4)CC2C1. The lowest BCUT2D eigenvalue weighted by Crippen LogP contribution is -2.27. The number of hydrogen-bond donors (Lipinski definition) is 1. The molecule has 4 rings (SSSR count). The fourth-order valence-corrected chi connectivity index (χ4v) is 3.97. The van der Waals surface area contributed by atoms with E-state index in [1.165, 1.54) is 5.57 Å². The van der Waals surface area contributed by atoms with Crippen LogP contribution < -0.4 is 5.32 Å². The molecular weight excluding hydrogens is 314 g/mol. The molecule has 0 bridgehead atoms. The molecule has 2 amide bonds. The Bertz CT molecular complexity index is 766. The Morgan fingerprint density at radius 1 is 1.36 bits per heavy atom. The van der Waals surface area contributed by atoms with Crippen LogP contribution in [0.4, 0.5) is 5.82 Å². The third-order valence-electron chi connectivity index (χ3n) is 5.17. The van der Waals surface area contributed by atoms with Gasteiger partial charge in [0.1, 0.15) is 5.82 Å². The van der Waals surface area contributed by atoms with Gasteiger partial charge in [0.25, 0.3) is 0 Å². The van der Waals surface area contributed by atoms with Crippen LogP contribution in [0.5, 0.6) is 0 Å². The average molecular weight is 339 g/mol. The van der Waals surface area contributed by atoms with Crippen LogP contribution in [0.1, 0.15) is 38.3 Å². The molecule has 0 radical (unpaired) electrons. The molecule has 1 aromatic rings. The number of nitrogens with one attached hydrogen (secondary N) is 1. The van der Waals surface area contributed by atoms with Crippen molar-refractivity contribution in [2.24, 2.45) is 11.8 Å². The van der Waals surface area contributed by atoms with Gasteiger partial charge in [-0.3, -0.25) is 9.59 Å². The summed E-state index contributed by atoms with van der Waals surface area (Å²) in [6, 6.07) is 2.00. The first-order valence-electron chi connectivity index (χ1n) is 8.51.